The average Bonchev–Trinajstić information content (AvgIpc) is 3.01. The Hall–Kier alpha value is -2.70. The molecule has 0 saturated carbocycles. The maximum Gasteiger partial charge on any atom is 0.329 e. The van der Waals surface area contributed by atoms with Crippen LogP contribution in [-0.4, -0.2) is 25.5 Å². The molecule has 3 rings (SSSR count). The van der Waals surface area contributed by atoms with E-state index in [0.29, 0.717) is 16.3 Å². The predicted molar refractivity (Wildman–Crippen MR) is 114 cm³/mol. The summed E-state index contributed by atoms with van der Waals surface area (Å²) in [5, 5.41) is 7.57. The van der Waals surface area contributed by atoms with Gasteiger partial charge >= 0.3 is 7.60 Å². The maximum atomic E-state index is 12.2. The fourth-order valence-corrected chi connectivity index (χ4v) is 3.72. The van der Waals surface area contributed by atoms with Gasteiger partial charge in [-0.05, 0) is 35.9 Å². The molecule has 0 atom stereocenters. The summed E-state index contributed by atoms with van der Waals surface area (Å²) in [6, 6.07) is 13.7. The number of nitrogens with one attached hydrogen (secondary N) is 1. The van der Waals surface area contributed by atoms with Crippen molar-refractivity contribution in [2.45, 2.75) is 6.16 Å². The van der Waals surface area contributed by atoms with E-state index >= 15 is 0 Å². The molecule has 3 N–H and O–H groups in total. The molecule has 3 aromatic rings. The van der Waals surface area contributed by atoms with Crippen LogP contribution in [0.2, 0.25) is 5.02 Å². The molecule has 0 fully saturated rings. The Morgan fingerprint density at radius 3 is 2.62 bits per heavy atom. The summed E-state index contributed by atoms with van der Waals surface area (Å²) in [5.41, 5.74) is 3.50. The first kappa shape index (κ1) is 21.0. The molecule has 9 heteroatoms. The Bertz CT molecular complexity index is 1100. The average molecular weight is 432 g/mol. The summed E-state index contributed by atoms with van der Waals surface area (Å²) in [6.45, 7) is 0. The van der Waals surface area contributed by atoms with Gasteiger partial charge in [-0.15, -0.1) is 0 Å². The molecule has 0 aliphatic heterocycles. The second-order valence-electron chi connectivity index (χ2n) is 6.42. The molecule has 0 bridgehead atoms. The van der Waals surface area contributed by atoms with Gasteiger partial charge < -0.3 is 15.1 Å². The Morgan fingerprint density at radius 1 is 1.24 bits per heavy atom. The minimum absolute atomic E-state index is 0.339. The Morgan fingerprint density at radius 2 is 1.97 bits per heavy atom. The zero-order valence-electron chi connectivity index (χ0n) is 15.5. The van der Waals surface area contributed by atoms with Crippen molar-refractivity contribution in [1.82, 2.24) is 9.78 Å². The molecule has 150 valence electrons. The van der Waals surface area contributed by atoms with Crippen molar-refractivity contribution in [2.75, 3.05) is 5.32 Å². The summed E-state index contributed by atoms with van der Waals surface area (Å²) < 4.78 is 12.7. The van der Waals surface area contributed by atoms with E-state index in [9.17, 15) is 9.36 Å². The Kier molecular flexibility index (Phi) is 6.35. The van der Waals surface area contributed by atoms with Crippen molar-refractivity contribution < 1.29 is 19.1 Å². The maximum absolute atomic E-state index is 12.2. The number of aromatic nitrogens is 2. The van der Waals surface area contributed by atoms with Crippen LogP contribution in [0.4, 0.5) is 5.69 Å². The zero-order chi connectivity index (χ0) is 21.0. The van der Waals surface area contributed by atoms with Crippen molar-refractivity contribution >= 4 is 36.9 Å². The number of carbonyl (C=O) groups excluding carboxylic acids is 1. The second kappa shape index (κ2) is 8.76. The first-order valence-corrected chi connectivity index (χ1v) is 10.8. The number of halogens is 1. The highest BCUT2D eigenvalue weighted by Crippen LogP contribution is 2.39. The number of nitrogens with zero attached hydrogens (tertiary/aromatic N) is 2. The molecule has 1 heterocycles. The van der Waals surface area contributed by atoms with Crippen LogP contribution < -0.4 is 5.32 Å². The minimum Gasteiger partial charge on any atom is -0.324 e. The highest BCUT2D eigenvalue weighted by Gasteiger charge is 2.14. The molecule has 0 saturated heterocycles. The number of hydrogen-bond donors (Lipinski definition) is 3. The number of benzene rings is 2. The Labute approximate surface area is 172 Å². The third kappa shape index (κ3) is 5.89. The van der Waals surface area contributed by atoms with E-state index in [2.05, 4.69) is 10.4 Å². The minimum atomic E-state index is -4.12. The van der Waals surface area contributed by atoms with Crippen LogP contribution in [0.3, 0.4) is 0 Å². The van der Waals surface area contributed by atoms with E-state index < -0.39 is 7.60 Å². The summed E-state index contributed by atoms with van der Waals surface area (Å²) in [7, 11) is -2.31. The van der Waals surface area contributed by atoms with Gasteiger partial charge in [-0.1, -0.05) is 35.9 Å². The van der Waals surface area contributed by atoms with E-state index in [1.165, 1.54) is 6.08 Å². The van der Waals surface area contributed by atoms with Crippen molar-refractivity contribution in [3.63, 3.8) is 0 Å². The fraction of sp³-hybridized carbons (Fsp3) is 0.100. The molecule has 1 amide bonds. The molecule has 0 aliphatic rings. The fourth-order valence-electron chi connectivity index (χ4n) is 2.85. The molecule has 29 heavy (non-hydrogen) atoms. The SMILES string of the molecule is Cn1ncc(C=CC(=O)Nc2ccc(CP(=O)(O)O)cc2)c1-c1cccc(Cl)c1. The largest absolute Gasteiger partial charge is 0.329 e. The van der Waals surface area contributed by atoms with Gasteiger partial charge in [0.2, 0.25) is 5.91 Å². The van der Waals surface area contributed by atoms with Crippen LogP contribution in [0.25, 0.3) is 17.3 Å². The quantitative estimate of drug-likeness (QED) is 0.403. The van der Waals surface area contributed by atoms with Crippen LogP contribution >= 0.6 is 19.2 Å². The van der Waals surface area contributed by atoms with Crippen molar-refractivity contribution in [1.29, 1.82) is 0 Å². The normalized spacial score (nSPS) is 11.7. The van der Waals surface area contributed by atoms with E-state index in [0.717, 1.165) is 16.8 Å². The molecule has 2 aromatic carbocycles. The van der Waals surface area contributed by atoms with Crippen molar-refractivity contribution in [2.24, 2.45) is 7.05 Å². The molecule has 0 aliphatic carbocycles. The summed E-state index contributed by atoms with van der Waals surface area (Å²) in [5.74, 6) is -0.339. The van der Waals surface area contributed by atoms with Gasteiger partial charge in [0.15, 0.2) is 0 Å². The number of hydrogen-bond acceptors (Lipinski definition) is 3. The van der Waals surface area contributed by atoms with E-state index in [1.54, 1.807) is 47.3 Å². The molecule has 7 nitrogen and oxygen atoms in total. The summed E-state index contributed by atoms with van der Waals surface area (Å²) in [4.78, 5) is 30.2. The monoisotopic (exact) mass is 431 g/mol. The van der Waals surface area contributed by atoms with Gasteiger partial charge in [0, 0.05) is 35.0 Å². The number of anilines is 1. The lowest BCUT2D eigenvalue weighted by molar-refractivity contribution is -0.111. The topological polar surface area (TPSA) is 104 Å². The summed E-state index contributed by atoms with van der Waals surface area (Å²) in [6.07, 6.45) is 4.39. The van der Waals surface area contributed by atoms with Gasteiger partial charge in [0.25, 0.3) is 0 Å². The molecule has 0 unspecified atom stereocenters. The van der Waals surface area contributed by atoms with Crippen LogP contribution in [0.1, 0.15) is 11.1 Å². The highest BCUT2D eigenvalue weighted by molar-refractivity contribution is 7.50. The lowest BCUT2D eigenvalue weighted by Crippen LogP contribution is -2.07. The van der Waals surface area contributed by atoms with Crippen LogP contribution in [-0.2, 0) is 22.6 Å². The molecular formula is C20H19ClN3O4P. The van der Waals surface area contributed by atoms with Gasteiger partial charge in [0.05, 0.1) is 18.1 Å². The molecule has 0 radical (unpaired) electrons. The van der Waals surface area contributed by atoms with Crippen LogP contribution in [0, 0.1) is 0 Å². The Balaban J connectivity index is 1.71. The molecular weight excluding hydrogens is 413 g/mol. The molecule has 0 spiro atoms. The zero-order valence-corrected chi connectivity index (χ0v) is 17.1. The van der Waals surface area contributed by atoms with Gasteiger partial charge in [-0.2, -0.15) is 5.10 Å². The van der Waals surface area contributed by atoms with Gasteiger partial charge in [-0.3, -0.25) is 14.0 Å². The number of aryl methyl sites for hydroxylation is 1. The van der Waals surface area contributed by atoms with Crippen molar-refractivity contribution in [3.8, 4) is 11.3 Å². The smallest absolute Gasteiger partial charge is 0.324 e. The first-order valence-electron chi connectivity index (χ1n) is 8.62. The third-order valence-corrected chi connectivity index (χ3v) is 5.10. The summed E-state index contributed by atoms with van der Waals surface area (Å²) >= 11 is 6.08. The van der Waals surface area contributed by atoms with Crippen LogP contribution in [0.15, 0.2) is 60.8 Å². The number of carbonyl (C=O) groups is 1. The van der Waals surface area contributed by atoms with Gasteiger partial charge in [-0.25, -0.2) is 0 Å². The third-order valence-electron chi connectivity index (χ3n) is 4.09. The lowest BCUT2D eigenvalue weighted by Gasteiger charge is -2.06. The van der Waals surface area contributed by atoms with E-state index in [4.69, 9.17) is 21.4 Å². The number of rotatable bonds is 6. The van der Waals surface area contributed by atoms with Crippen molar-refractivity contribution in [3.05, 3.63) is 77.0 Å². The lowest BCUT2D eigenvalue weighted by atomic mass is 10.1. The second-order valence-corrected chi connectivity index (χ2v) is 8.51. The van der Waals surface area contributed by atoms with Crippen LogP contribution in [0.5, 0.6) is 0 Å². The number of amides is 1. The standard InChI is InChI=1S/C20H19ClN3O4P/c1-24-20(15-3-2-4-17(21)11-15)16(12-22-24)7-10-19(25)23-18-8-5-14(6-9-18)13-29(26,27)28/h2-12H,13H2,1H3,(H,23,25)(H2,26,27,28). The van der Waals surface area contributed by atoms with E-state index in [-0.39, 0.29) is 12.1 Å². The highest BCUT2D eigenvalue weighted by atomic mass is 35.5. The predicted octanol–water partition coefficient (Wildman–Crippen LogP) is 4.07. The van der Waals surface area contributed by atoms with Gasteiger partial charge in [0.1, 0.15) is 0 Å². The first-order chi connectivity index (χ1) is 13.7. The molecule has 1 aromatic heterocycles. The van der Waals surface area contributed by atoms with E-state index in [1.807, 2.05) is 25.2 Å².